The van der Waals surface area contributed by atoms with Crippen LogP contribution in [0.4, 0.5) is 0 Å². The van der Waals surface area contributed by atoms with Crippen molar-refractivity contribution in [1.82, 2.24) is 4.57 Å². The van der Waals surface area contributed by atoms with E-state index in [0.29, 0.717) is 6.54 Å². The van der Waals surface area contributed by atoms with Gasteiger partial charge >= 0.3 is 0 Å². The molecule has 0 spiro atoms. The zero-order valence-corrected chi connectivity index (χ0v) is 10.5. The summed E-state index contributed by atoms with van der Waals surface area (Å²) in [6, 6.07) is 10.2. The van der Waals surface area contributed by atoms with Crippen LogP contribution in [0.1, 0.15) is 11.1 Å². The second kappa shape index (κ2) is 5.89. The summed E-state index contributed by atoms with van der Waals surface area (Å²) in [7, 11) is 0. The summed E-state index contributed by atoms with van der Waals surface area (Å²) in [6.07, 6.45) is 6.22. The highest BCUT2D eigenvalue weighted by atomic mass is 35.5. The predicted octanol–water partition coefficient (Wildman–Crippen LogP) is 2.89. The number of hydrogen-bond donors (Lipinski definition) is 1. The largest absolute Gasteiger partial charge is 0.354 e. The van der Waals surface area contributed by atoms with Crippen LogP contribution in [0, 0.1) is 0 Å². The number of nitrogens with two attached hydrogens (primary N) is 1. The van der Waals surface area contributed by atoms with Crippen LogP contribution in [0.3, 0.4) is 0 Å². The third-order valence-electron chi connectivity index (χ3n) is 2.79. The standard InChI is InChI=1S/C14H17ClN2/c15-14-3-1-2-12(10-14)5-8-17-9-6-13(11-17)4-7-16/h1-3,6,9-11H,4-5,7-8,16H2. The molecule has 90 valence electrons. The van der Waals surface area contributed by atoms with E-state index in [9.17, 15) is 0 Å². The Kier molecular flexibility index (Phi) is 4.24. The van der Waals surface area contributed by atoms with E-state index in [2.05, 4.69) is 29.1 Å². The molecule has 3 heteroatoms. The Hall–Kier alpha value is -1.25. The van der Waals surface area contributed by atoms with Gasteiger partial charge in [0.2, 0.25) is 0 Å². The van der Waals surface area contributed by atoms with Crippen molar-refractivity contribution in [2.24, 2.45) is 5.73 Å². The fourth-order valence-corrected chi connectivity index (χ4v) is 2.11. The summed E-state index contributed by atoms with van der Waals surface area (Å²) >= 11 is 5.95. The number of aromatic nitrogens is 1. The van der Waals surface area contributed by atoms with Gasteiger partial charge in [0.1, 0.15) is 0 Å². The lowest BCUT2D eigenvalue weighted by Crippen LogP contribution is -2.02. The van der Waals surface area contributed by atoms with Gasteiger partial charge in [-0.25, -0.2) is 0 Å². The van der Waals surface area contributed by atoms with E-state index in [1.165, 1.54) is 11.1 Å². The van der Waals surface area contributed by atoms with Gasteiger partial charge in [-0.15, -0.1) is 0 Å². The van der Waals surface area contributed by atoms with Crippen molar-refractivity contribution < 1.29 is 0 Å². The van der Waals surface area contributed by atoms with Gasteiger partial charge in [-0.1, -0.05) is 23.7 Å². The molecule has 1 aromatic carbocycles. The summed E-state index contributed by atoms with van der Waals surface area (Å²) in [5.74, 6) is 0. The Labute approximate surface area is 107 Å². The van der Waals surface area contributed by atoms with Gasteiger partial charge in [0.15, 0.2) is 0 Å². The first-order valence-electron chi connectivity index (χ1n) is 5.87. The molecule has 0 radical (unpaired) electrons. The Morgan fingerprint density at radius 1 is 1.12 bits per heavy atom. The summed E-state index contributed by atoms with van der Waals surface area (Å²) in [5.41, 5.74) is 8.10. The molecule has 0 fully saturated rings. The molecule has 0 saturated carbocycles. The van der Waals surface area contributed by atoms with Crippen LogP contribution in [0.15, 0.2) is 42.7 Å². The zero-order valence-electron chi connectivity index (χ0n) is 9.77. The summed E-state index contributed by atoms with van der Waals surface area (Å²) in [6.45, 7) is 1.68. The van der Waals surface area contributed by atoms with Crippen molar-refractivity contribution in [3.05, 3.63) is 58.9 Å². The maximum absolute atomic E-state index is 5.95. The molecule has 0 saturated heterocycles. The zero-order chi connectivity index (χ0) is 12.1. The number of rotatable bonds is 5. The van der Waals surface area contributed by atoms with Gasteiger partial charge in [0, 0.05) is 24.0 Å². The van der Waals surface area contributed by atoms with Gasteiger partial charge in [-0.2, -0.15) is 0 Å². The smallest absolute Gasteiger partial charge is 0.0408 e. The molecular weight excluding hydrogens is 232 g/mol. The van der Waals surface area contributed by atoms with E-state index < -0.39 is 0 Å². The minimum Gasteiger partial charge on any atom is -0.354 e. The van der Waals surface area contributed by atoms with Crippen molar-refractivity contribution >= 4 is 11.6 Å². The molecule has 0 atom stereocenters. The fraction of sp³-hybridized carbons (Fsp3) is 0.286. The first-order chi connectivity index (χ1) is 8.28. The summed E-state index contributed by atoms with van der Waals surface area (Å²) in [4.78, 5) is 0. The highest BCUT2D eigenvalue weighted by Crippen LogP contribution is 2.12. The van der Waals surface area contributed by atoms with Gasteiger partial charge in [-0.3, -0.25) is 0 Å². The molecule has 0 amide bonds. The van der Waals surface area contributed by atoms with Crippen molar-refractivity contribution in [3.8, 4) is 0 Å². The van der Waals surface area contributed by atoms with E-state index in [0.717, 1.165) is 24.4 Å². The first kappa shape index (κ1) is 12.2. The molecule has 1 aromatic heterocycles. The van der Waals surface area contributed by atoms with Crippen molar-refractivity contribution in [1.29, 1.82) is 0 Å². The SMILES string of the molecule is NCCc1ccn(CCc2cccc(Cl)c2)c1. The average molecular weight is 249 g/mol. The highest BCUT2D eigenvalue weighted by Gasteiger charge is 1.98. The van der Waals surface area contributed by atoms with Gasteiger partial charge in [0.25, 0.3) is 0 Å². The van der Waals surface area contributed by atoms with Crippen LogP contribution in [0.5, 0.6) is 0 Å². The molecule has 0 aliphatic carbocycles. The molecule has 2 rings (SSSR count). The topological polar surface area (TPSA) is 30.9 Å². The minimum atomic E-state index is 0.707. The second-order valence-electron chi connectivity index (χ2n) is 4.18. The molecule has 2 aromatic rings. The number of nitrogens with zero attached hydrogens (tertiary/aromatic N) is 1. The van der Waals surface area contributed by atoms with Crippen LogP contribution < -0.4 is 5.73 Å². The Bertz CT molecular complexity index is 477. The maximum atomic E-state index is 5.95. The quantitative estimate of drug-likeness (QED) is 0.867. The van der Waals surface area contributed by atoms with E-state index in [1.54, 1.807) is 0 Å². The molecule has 1 heterocycles. The van der Waals surface area contributed by atoms with Crippen LogP contribution in [-0.2, 0) is 19.4 Å². The first-order valence-corrected chi connectivity index (χ1v) is 6.25. The fourth-order valence-electron chi connectivity index (χ4n) is 1.89. The van der Waals surface area contributed by atoms with Crippen molar-refractivity contribution in [3.63, 3.8) is 0 Å². The monoisotopic (exact) mass is 248 g/mol. The molecule has 2 nitrogen and oxygen atoms in total. The van der Waals surface area contributed by atoms with Crippen molar-refractivity contribution in [2.75, 3.05) is 6.54 Å². The van der Waals surface area contributed by atoms with E-state index in [-0.39, 0.29) is 0 Å². The van der Waals surface area contributed by atoms with Crippen LogP contribution >= 0.6 is 11.6 Å². The molecule has 0 unspecified atom stereocenters. The highest BCUT2D eigenvalue weighted by molar-refractivity contribution is 6.30. The number of aryl methyl sites for hydroxylation is 2. The van der Waals surface area contributed by atoms with Crippen molar-refractivity contribution in [2.45, 2.75) is 19.4 Å². The molecular formula is C14H17ClN2. The molecule has 2 N–H and O–H groups in total. The number of benzene rings is 1. The normalized spacial score (nSPS) is 10.7. The molecule has 17 heavy (non-hydrogen) atoms. The predicted molar refractivity (Wildman–Crippen MR) is 72.3 cm³/mol. The summed E-state index contributed by atoms with van der Waals surface area (Å²) < 4.78 is 2.20. The lowest BCUT2D eigenvalue weighted by Gasteiger charge is -2.03. The van der Waals surface area contributed by atoms with Gasteiger partial charge < -0.3 is 10.3 Å². The molecule has 0 aliphatic rings. The lowest BCUT2D eigenvalue weighted by molar-refractivity contribution is 0.698. The third-order valence-corrected chi connectivity index (χ3v) is 3.03. The van der Waals surface area contributed by atoms with Crippen LogP contribution in [0.2, 0.25) is 5.02 Å². The van der Waals surface area contributed by atoms with Crippen LogP contribution in [-0.4, -0.2) is 11.1 Å². The van der Waals surface area contributed by atoms with E-state index in [1.807, 2.05) is 18.2 Å². The molecule has 0 bridgehead atoms. The van der Waals surface area contributed by atoms with Gasteiger partial charge in [-0.05, 0) is 48.7 Å². The lowest BCUT2D eigenvalue weighted by atomic mass is 10.1. The molecule has 0 aliphatic heterocycles. The number of hydrogen-bond acceptors (Lipinski definition) is 1. The third kappa shape index (κ3) is 3.62. The minimum absolute atomic E-state index is 0.707. The average Bonchev–Trinajstić information content (AvgIpc) is 2.75. The van der Waals surface area contributed by atoms with E-state index >= 15 is 0 Å². The number of halogens is 1. The summed E-state index contributed by atoms with van der Waals surface area (Å²) in [5, 5.41) is 0.804. The Morgan fingerprint density at radius 3 is 2.76 bits per heavy atom. The van der Waals surface area contributed by atoms with Gasteiger partial charge in [0.05, 0.1) is 0 Å². The van der Waals surface area contributed by atoms with E-state index in [4.69, 9.17) is 17.3 Å². The Morgan fingerprint density at radius 2 is 2.00 bits per heavy atom. The maximum Gasteiger partial charge on any atom is 0.0408 e. The Balaban J connectivity index is 1.93. The van der Waals surface area contributed by atoms with Crippen LogP contribution in [0.25, 0.3) is 0 Å². The second-order valence-corrected chi connectivity index (χ2v) is 4.61.